The topological polar surface area (TPSA) is 52.3 Å². The van der Waals surface area contributed by atoms with E-state index < -0.39 is 0 Å². The summed E-state index contributed by atoms with van der Waals surface area (Å²) in [6.07, 6.45) is 1.70. The van der Waals surface area contributed by atoms with E-state index in [1.165, 1.54) is 7.11 Å². The molecule has 2 aromatic carbocycles. The maximum atomic E-state index is 12.8. The molecule has 2 aromatic heterocycles. The Labute approximate surface area is 143 Å². The Morgan fingerprint density at radius 3 is 2.72 bits per heavy atom. The zero-order chi connectivity index (χ0) is 17.2. The highest BCUT2D eigenvalue weighted by Crippen LogP contribution is 2.26. The Morgan fingerprint density at radius 2 is 1.92 bits per heavy atom. The van der Waals surface area contributed by atoms with Crippen molar-refractivity contribution in [2.45, 2.75) is 0 Å². The standard InChI is InChI=1S/C21H13NO3/c1-24-17-6-4-7-18-20(17)21(23)16-11-9-14(13-19(16)25-18)8-10-15-5-2-3-12-22-15/h2-7,9,11-13H,1H3. The second-order valence-electron chi connectivity index (χ2n) is 5.44. The van der Waals surface area contributed by atoms with Gasteiger partial charge in [-0.2, -0.15) is 0 Å². The van der Waals surface area contributed by atoms with Crippen LogP contribution in [0.25, 0.3) is 21.9 Å². The van der Waals surface area contributed by atoms with Gasteiger partial charge in [-0.25, -0.2) is 4.98 Å². The first-order chi connectivity index (χ1) is 12.3. The van der Waals surface area contributed by atoms with E-state index in [-0.39, 0.29) is 5.43 Å². The highest BCUT2D eigenvalue weighted by molar-refractivity contribution is 5.93. The van der Waals surface area contributed by atoms with Crippen molar-refractivity contribution < 1.29 is 9.15 Å². The SMILES string of the molecule is COc1cccc2oc3cc(C#Cc4ccccn4)ccc3c(=O)c12. The van der Waals surface area contributed by atoms with Crippen LogP contribution < -0.4 is 10.2 Å². The molecule has 0 radical (unpaired) electrons. The van der Waals surface area contributed by atoms with Crippen LogP contribution in [-0.4, -0.2) is 12.1 Å². The van der Waals surface area contributed by atoms with Crippen LogP contribution in [-0.2, 0) is 0 Å². The van der Waals surface area contributed by atoms with Gasteiger partial charge in [0.15, 0.2) is 0 Å². The summed E-state index contributed by atoms with van der Waals surface area (Å²) in [5.74, 6) is 6.55. The number of hydrogen-bond acceptors (Lipinski definition) is 4. The molecule has 0 fully saturated rings. The minimum atomic E-state index is -0.113. The van der Waals surface area contributed by atoms with Crippen LogP contribution in [0.4, 0.5) is 0 Å². The third kappa shape index (κ3) is 2.73. The van der Waals surface area contributed by atoms with Crippen LogP contribution >= 0.6 is 0 Å². The van der Waals surface area contributed by atoms with Crippen molar-refractivity contribution in [1.82, 2.24) is 4.98 Å². The summed E-state index contributed by atoms with van der Waals surface area (Å²) in [6.45, 7) is 0. The van der Waals surface area contributed by atoms with Crippen LogP contribution in [0.5, 0.6) is 5.75 Å². The Bertz CT molecular complexity index is 1200. The first-order valence-corrected chi connectivity index (χ1v) is 7.73. The first kappa shape index (κ1) is 15.0. The van der Waals surface area contributed by atoms with Crippen LogP contribution in [0.3, 0.4) is 0 Å². The van der Waals surface area contributed by atoms with E-state index in [2.05, 4.69) is 16.8 Å². The summed E-state index contributed by atoms with van der Waals surface area (Å²) < 4.78 is 11.2. The molecule has 0 saturated carbocycles. The number of rotatable bonds is 1. The van der Waals surface area contributed by atoms with Crippen molar-refractivity contribution in [1.29, 1.82) is 0 Å². The Balaban J connectivity index is 1.88. The molecule has 0 unspecified atom stereocenters. The van der Waals surface area contributed by atoms with Crippen LogP contribution in [0.15, 0.2) is 70.0 Å². The van der Waals surface area contributed by atoms with Crippen molar-refractivity contribution in [2.75, 3.05) is 7.11 Å². The van der Waals surface area contributed by atoms with Crippen molar-refractivity contribution in [3.63, 3.8) is 0 Å². The normalized spacial score (nSPS) is 10.4. The molecule has 0 atom stereocenters. The summed E-state index contributed by atoms with van der Waals surface area (Å²) in [6, 6.07) is 16.2. The summed E-state index contributed by atoms with van der Waals surface area (Å²) in [7, 11) is 1.54. The lowest BCUT2D eigenvalue weighted by Crippen LogP contribution is -2.04. The predicted octanol–water partition coefficient (Wildman–Crippen LogP) is 3.75. The highest BCUT2D eigenvalue weighted by atomic mass is 16.5. The third-order valence-corrected chi connectivity index (χ3v) is 3.88. The van der Waals surface area contributed by atoms with Crippen molar-refractivity contribution in [3.8, 4) is 17.6 Å². The molecule has 25 heavy (non-hydrogen) atoms. The molecule has 0 aliphatic carbocycles. The van der Waals surface area contributed by atoms with Gasteiger partial charge in [0.25, 0.3) is 0 Å². The average Bonchev–Trinajstić information content (AvgIpc) is 2.66. The van der Waals surface area contributed by atoms with E-state index in [9.17, 15) is 4.79 Å². The summed E-state index contributed by atoms with van der Waals surface area (Å²) in [4.78, 5) is 16.9. The molecule has 0 spiro atoms. The summed E-state index contributed by atoms with van der Waals surface area (Å²) in [5.41, 5.74) is 2.32. The molecule has 0 aliphatic heterocycles. The van der Waals surface area contributed by atoms with Crippen molar-refractivity contribution in [2.24, 2.45) is 0 Å². The highest BCUT2D eigenvalue weighted by Gasteiger charge is 2.12. The quantitative estimate of drug-likeness (QED) is 0.395. The largest absolute Gasteiger partial charge is 0.496 e. The number of benzene rings is 2. The van der Waals surface area contributed by atoms with Crippen LogP contribution in [0.2, 0.25) is 0 Å². The van der Waals surface area contributed by atoms with Gasteiger partial charge in [0.1, 0.15) is 28.0 Å². The van der Waals surface area contributed by atoms with Crippen LogP contribution in [0.1, 0.15) is 11.3 Å². The van der Waals surface area contributed by atoms with Crippen molar-refractivity contribution in [3.05, 3.63) is 82.3 Å². The zero-order valence-electron chi connectivity index (χ0n) is 13.4. The number of fused-ring (bicyclic) bond motifs is 2. The zero-order valence-corrected chi connectivity index (χ0v) is 13.4. The molecule has 0 N–H and O–H groups in total. The Kier molecular flexibility index (Phi) is 3.68. The molecular formula is C21H13NO3. The fraction of sp³-hybridized carbons (Fsp3) is 0.0476. The molecule has 120 valence electrons. The molecule has 4 rings (SSSR count). The molecule has 0 amide bonds. The molecule has 0 saturated heterocycles. The number of hydrogen-bond donors (Lipinski definition) is 0. The van der Waals surface area contributed by atoms with Gasteiger partial charge in [-0.05, 0) is 48.4 Å². The fourth-order valence-corrected chi connectivity index (χ4v) is 2.69. The van der Waals surface area contributed by atoms with Gasteiger partial charge in [-0.1, -0.05) is 18.1 Å². The van der Waals surface area contributed by atoms with Gasteiger partial charge < -0.3 is 9.15 Å². The number of nitrogens with zero attached hydrogens (tertiary/aromatic N) is 1. The molecule has 4 aromatic rings. The number of pyridine rings is 1. The first-order valence-electron chi connectivity index (χ1n) is 7.73. The second kappa shape index (κ2) is 6.14. The molecule has 4 heteroatoms. The average molecular weight is 327 g/mol. The predicted molar refractivity (Wildman–Crippen MR) is 96.8 cm³/mol. The molecule has 4 nitrogen and oxygen atoms in total. The third-order valence-electron chi connectivity index (χ3n) is 3.88. The lowest BCUT2D eigenvalue weighted by Gasteiger charge is -2.05. The van der Waals surface area contributed by atoms with Gasteiger partial charge in [0.05, 0.1) is 12.5 Å². The maximum absolute atomic E-state index is 12.8. The fourth-order valence-electron chi connectivity index (χ4n) is 2.69. The molecular weight excluding hydrogens is 314 g/mol. The smallest absolute Gasteiger partial charge is 0.204 e. The van der Waals surface area contributed by atoms with E-state index in [4.69, 9.17) is 9.15 Å². The van der Waals surface area contributed by atoms with Gasteiger partial charge in [-0.3, -0.25) is 4.79 Å². The minimum Gasteiger partial charge on any atom is -0.496 e. The van der Waals surface area contributed by atoms with E-state index in [1.54, 1.807) is 42.6 Å². The Morgan fingerprint density at radius 1 is 1.00 bits per heavy atom. The van der Waals surface area contributed by atoms with Crippen molar-refractivity contribution >= 4 is 21.9 Å². The van der Waals surface area contributed by atoms with Gasteiger partial charge in [0, 0.05) is 11.8 Å². The second-order valence-corrected chi connectivity index (χ2v) is 5.44. The lowest BCUT2D eigenvalue weighted by atomic mass is 10.1. The monoisotopic (exact) mass is 327 g/mol. The number of methoxy groups -OCH3 is 1. The molecule has 0 bridgehead atoms. The minimum absolute atomic E-state index is 0.113. The summed E-state index contributed by atoms with van der Waals surface area (Å²) in [5, 5.41) is 0.949. The number of ether oxygens (including phenoxy) is 1. The maximum Gasteiger partial charge on any atom is 0.204 e. The van der Waals surface area contributed by atoms with E-state index in [1.807, 2.05) is 18.2 Å². The van der Waals surface area contributed by atoms with Gasteiger partial charge in [0.2, 0.25) is 5.43 Å². The van der Waals surface area contributed by atoms with Crippen LogP contribution in [0, 0.1) is 11.8 Å². The summed E-state index contributed by atoms with van der Waals surface area (Å²) >= 11 is 0. The van der Waals surface area contributed by atoms with Gasteiger partial charge in [-0.15, -0.1) is 0 Å². The number of aromatic nitrogens is 1. The Hall–Kier alpha value is -3.58. The van der Waals surface area contributed by atoms with E-state index in [0.29, 0.717) is 33.4 Å². The van der Waals surface area contributed by atoms with E-state index >= 15 is 0 Å². The van der Waals surface area contributed by atoms with Gasteiger partial charge >= 0.3 is 0 Å². The molecule has 2 heterocycles. The van der Waals surface area contributed by atoms with E-state index in [0.717, 1.165) is 5.56 Å². The lowest BCUT2D eigenvalue weighted by molar-refractivity contribution is 0.419. The molecule has 0 aliphatic rings.